The van der Waals surface area contributed by atoms with Gasteiger partial charge in [-0.2, -0.15) is 0 Å². The van der Waals surface area contributed by atoms with Crippen molar-refractivity contribution in [1.29, 1.82) is 0 Å². The van der Waals surface area contributed by atoms with E-state index < -0.39 is 0 Å². The predicted octanol–water partition coefficient (Wildman–Crippen LogP) is 1.00. The molecule has 0 aromatic heterocycles. The topological polar surface area (TPSA) is 47.8 Å². The van der Waals surface area contributed by atoms with Crippen LogP contribution in [0.2, 0.25) is 0 Å². The van der Waals surface area contributed by atoms with Crippen LogP contribution in [-0.4, -0.2) is 18.8 Å². The molecular weight excluding hydrogens is 154 g/mol. The molecule has 0 amide bonds. The van der Waals surface area contributed by atoms with Crippen LogP contribution in [0.15, 0.2) is 12.2 Å². The second kappa shape index (κ2) is 3.17. The molecule has 1 aliphatic carbocycles. The normalized spacial score (nSPS) is 38.9. The van der Waals surface area contributed by atoms with E-state index in [-0.39, 0.29) is 0 Å². The average Bonchev–Trinajstić information content (AvgIpc) is 2.81. The van der Waals surface area contributed by atoms with Crippen LogP contribution in [0.1, 0.15) is 19.3 Å². The van der Waals surface area contributed by atoms with Gasteiger partial charge in [0.1, 0.15) is 0 Å². The van der Waals surface area contributed by atoms with Crippen molar-refractivity contribution in [2.45, 2.75) is 31.5 Å². The number of rotatable bonds is 3. The molecule has 1 heterocycles. The van der Waals surface area contributed by atoms with E-state index >= 15 is 0 Å². The van der Waals surface area contributed by atoms with E-state index in [9.17, 15) is 0 Å². The zero-order valence-corrected chi connectivity index (χ0v) is 7.16. The molecule has 1 saturated heterocycles. The third-order valence-corrected chi connectivity index (χ3v) is 2.85. The summed E-state index contributed by atoms with van der Waals surface area (Å²) in [6, 6.07) is 0. The molecule has 2 fully saturated rings. The van der Waals surface area contributed by atoms with Crippen LogP contribution in [0.25, 0.3) is 0 Å². The fourth-order valence-corrected chi connectivity index (χ4v) is 2.00. The van der Waals surface area contributed by atoms with Gasteiger partial charge in [-0.3, -0.25) is 0 Å². The molecule has 3 unspecified atom stereocenters. The summed E-state index contributed by atoms with van der Waals surface area (Å²) in [6.45, 7) is 4.45. The molecule has 3 atom stereocenters. The summed E-state index contributed by atoms with van der Waals surface area (Å²) in [5.41, 5.74) is 1.12. The van der Waals surface area contributed by atoms with Crippen molar-refractivity contribution in [3.8, 4) is 0 Å². The molecule has 0 aromatic carbocycles. The summed E-state index contributed by atoms with van der Waals surface area (Å²) >= 11 is 0. The first-order chi connectivity index (χ1) is 5.81. The van der Waals surface area contributed by atoms with E-state index in [1.54, 1.807) is 0 Å². The van der Waals surface area contributed by atoms with Crippen molar-refractivity contribution in [2.24, 2.45) is 11.8 Å². The Bertz CT molecular complexity index is 193. The number of hydrogen-bond acceptors (Lipinski definition) is 3. The standard InChI is InChI=1S/C9H15NO2/c1-6(5-11-10)7-2-3-8-9(4-7)12-8/h7-9H,1-5,10H2. The molecule has 1 aliphatic heterocycles. The van der Waals surface area contributed by atoms with Crippen molar-refractivity contribution in [3.63, 3.8) is 0 Å². The number of hydrogen-bond donors (Lipinski definition) is 1. The largest absolute Gasteiger partial charge is 0.370 e. The lowest BCUT2D eigenvalue weighted by Gasteiger charge is -2.20. The zero-order valence-electron chi connectivity index (χ0n) is 7.16. The van der Waals surface area contributed by atoms with Crippen molar-refractivity contribution in [2.75, 3.05) is 6.61 Å². The minimum atomic E-state index is 0.488. The molecule has 68 valence electrons. The average molecular weight is 169 g/mol. The maximum Gasteiger partial charge on any atom is 0.0890 e. The molecule has 2 rings (SSSR count). The van der Waals surface area contributed by atoms with Crippen molar-refractivity contribution >= 4 is 0 Å². The van der Waals surface area contributed by atoms with E-state index in [1.807, 2.05) is 0 Å². The van der Waals surface area contributed by atoms with Crippen molar-refractivity contribution < 1.29 is 9.57 Å². The van der Waals surface area contributed by atoms with Crippen LogP contribution in [0.4, 0.5) is 0 Å². The molecule has 0 bridgehead atoms. The Labute approximate surface area is 72.5 Å². The van der Waals surface area contributed by atoms with E-state index in [0.29, 0.717) is 24.7 Å². The van der Waals surface area contributed by atoms with Gasteiger partial charge in [0.2, 0.25) is 0 Å². The van der Waals surface area contributed by atoms with E-state index in [4.69, 9.17) is 10.6 Å². The zero-order chi connectivity index (χ0) is 8.55. The number of fused-ring (bicyclic) bond motifs is 1. The molecule has 0 aromatic rings. The van der Waals surface area contributed by atoms with Gasteiger partial charge in [0.25, 0.3) is 0 Å². The smallest absolute Gasteiger partial charge is 0.0890 e. The third-order valence-electron chi connectivity index (χ3n) is 2.85. The molecular formula is C9H15NO2. The monoisotopic (exact) mass is 169 g/mol. The summed E-state index contributed by atoms with van der Waals surface area (Å²) in [7, 11) is 0. The van der Waals surface area contributed by atoms with Crippen LogP contribution in [0.5, 0.6) is 0 Å². The van der Waals surface area contributed by atoms with Crippen LogP contribution < -0.4 is 5.90 Å². The van der Waals surface area contributed by atoms with Crippen LogP contribution >= 0.6 is 0 Å². The Morgan fingerprint density at radius 2 is 2.33 bits per heavy atom. The highest BCUT2D eigenvalue weighted by molar-refractivity contribution is 5.07. The fourth-order valence-electron chi connectivity index (χ4n) is 2.00. The highest BCUT2D eigenvalue weighted by atomic mass is 16.6. The van der Waals surface area contributed by atoms with Crippen LogP contribution in [0.3, 0.4) is 0 Å². The number of ether oxygens (including phenoxy) is 1. The van der Waals surface area contributed by atoms with Gasteiger partial charge in [0.05, 0.1) is 18.8 Å². The van der Waals surface area contributed by atoms with Gasteiger partial charge in [-0.1, -0.05) is 6.58 Å². The SMILES string of the molecule is C=C(CON)C1CCC2OC2C1. The lowest BCUT2D eigenvalue weighted by atomic mass is 9.85. The minimum Gasteiger partial charge on any atom is -0.370 e. The van der Waals surface area contributed by atoms with Gasteiger partial charge in [0.15, 0.2) is 0 Å². The third kappa shape index (κ3) is 1.53. The molecule has 12 heavy (non-hydrogen) atoms. The molecule has 0 spiro atoms. The molecule has 2 N–H and O–H groups in total. The second-order valence-corrected chi connectivity index (χ2v) is 3.69. The summed E-state index contributed by atoms with van der Waals surface area (Å²) in [6.07, 6.45) is 4.56. The first-order valence-electron chi connectivity index (χ1n) is 4.46. The fraction of sp³-hybridized carbons (Fsp3) is 0.778. The lowest BCUT2D eigenvalue weighted by molar-refractivity contribution is 0.152. The van der Waals surface area contributed by atoms with Crippen molar-refractivity contribution in [1.82, 2.24) is 0 Å². The van der Waals surface area contributed by atoms with Gasteiger partial charge < -0.3 is 9.57 Å². The summed E-state index contributed by atoms with van der Waals surface area (Å²) < 4.78 is 5.42. The van der Waals surface area contributed by atoms with E-state index in [2.05, 4.69) is 11.4 Å². The maximum absolute atomic E-state index is 5.42. The van der Waals surface area contributed by atoms with Crippen molar-refractivity contribution in [3.05, 3.63) is 12.2 Å². The molecule has 3 heteroatoms. The molecule has 2 aliphatic rings. The maximum atomic E-state index is 5.42. The molecule has 3 nitrogen and oxygen atoms in total. The quantitative estimate of drug-likeness (QED) is 0.389. The van der Waals surface area contributed by atoms with Gasteiger partial charge in [-0.05, 0) is 30.8 Å². The predicted molar refractivity (Wildman–Crippen MR) is 45.3 cm³/mol. The molecule has 1 saturated carbocycles. The Morgan fingerprint density at radius 3 is 3.00 bits per heavy atom. The highest BCUT2D eigenvalue weighted by Gasteiger charge is 2.44. The summed E-state index contributed by atoms with van der Waals surface area (Å²) in [4.78, 5) is 4.57. The number of epoxide rings is 1. The van der Waals surface area contributed by atoms with Gasteiger partial charge >= 0.3 is 0 Å². The van der Waals surface area contributed by atoms with Gasteiger partial charge in [-0.25, -0.2) is 5.90 Å². The highest BCUT2D eigenvalue weighted by Crippen LogP contribution is 2.41. The van der Waals surface area contributed by atoms with E-state index in [1.165, 1.54) is 12.8 Å². The Hall–Kier alpha value is -0.380. The van der Waals surface area contributed by atoms with E-state index in [0.717, 1.165) is 12.0 Å². The number of nitrogens with two attached hydrogens (primary N) is 1. The van der Waals surface area contributed by atoms with Gasteiger partial charge in [-0.15, -0.1) is 0 Å². The van der Waals surface area contributed by atoms with Crippen LogP contribution in [0, 0.1) is 5.92 Å². The van der Waals surface area contributed by atoms with Gasteiger partial charge in [0, 0.05) is 0 Å². The Kier molecular flexibility index (Phi) is 2.17. The summed E-state index contributed by atoms with van der Waals surface area (Å²) in [5.74, 6) is 5.56. The second-order valence-electron chi connectivity index (χ2n) is 3.69. The minimum absolute atomic E-state index is 0.488. The summed E-state index contributed by atoms with van der Waals surface area (Å²) in [5, 5.41) is 0. The lowest BCUT2D eigenvalue weighted by Crippen LogP contribution is -2.18. The molecule has 0 radical (unpaired) electrons. The Balaban J connectivity index is 1.83. The first-order valence-corrected chi connectivity index (χ1v) is 4.46. The van der Waals surface area contributed by atoms with Crippen LogP contribution in [-0.2, 0) is 9.57 Å². The Morgan fingerprint density at radius 1 is 1.50 bits per heavy atom. The first kappa shape index (κ1) is 8.23.